The van der Waals surface area contributed by atoms with Crippen LogP contribution in [-0.2, 0) is 4.74 Å². The van der Waals surface area contributed by atoms with E-state index in [1.165, 1.54) is 0 Å². The van der Waals surface area contributed by atoms with Gasteiger partial charge in [-0.25, -0.2) is 0 Å². The topological polar surface area (TPSA) is 68.0 Å². The summed E-state index contributed by atoms with van der Waals surface area (Å²) in [5.41, 5.74) is 4.19. The second kappa shape index (κ2) is 7.94. The van der Waals surface area contributed by atoms with E-state index in [-0.39, 0.29) is 6.04 Å². The van der Waals surface area contributed by atoms with Crippen molar-refractivity contribution in [3.05, 3.63) is 30.0 Å². The number of benzene rings is 1. The molecule has 0 saturated heterocycles. The van der Waals surface area contributed by atoms with Crippen LogP contribution in [0.3, 0.4) is 0 Å². The summed E-state index contributed by atoms with van der Waals surface area (Å²) in [5.74, 6) is 1.35. The van der Waals surface area contributed by atoms with Crippen LogP contribution < -0.4 is 15.5 Å². The van der Waals surface area contributed by atoms with Gasteiger partial charge in [0.1, 0.15) is 5.71 Å². The first kappa shape index (κ1) is 17.2. The number of rotatable bonds is 6. The lowest BCUT2D eigenvalue weighted by Crippen LogP contribution is -2.40. The Bertz CT molecular complexity index is 712. The number of methoxy groups -OCH3 is 2. The summed E-state index contributed by atoms with van der Waals surface area (Å²) in [6.45, 7) is 4.38. The predicted molar refractivity (Wildman–Crippen MR) is 95.2 cm³/mol. The molecule has 0 aliphatic carbocycles. The summed E-state index contributed by atoms with van der Waals surface area (Å²) < 4.78 is 16.2. The van der Waals surface area contributed by atoms with Crippen molar-refractivity contribution in [3.8, 4) is 5.75 Å². The van der Waals surface area contributed by atoms with E-state index < -0.39 is 0 Å². The Hall–Kier alpha value is -2.12. The number of hydrazone groups is 1. The molecule has 0 spiro atoms. The molecule has 2 aromatic rings. The van der Waals surface area contributed by atoms with Crippen molar-refractivity contribution in [1.82, 2.24) is 10.7 Å². The summed E-state index contributed by atoms with van der Waals surface area (Å²) in [7, 11) is 3.26. The third kappa shape index (κ3) is 4.43. The van der Waals surface area contributed by atoms with Crippen LogP contribution in [0.4, 0.5) is 0 Å². The number of hydrogen-bond acceptors (Lipinski definition) is 5. The maximum Gasteiger partial charge on any atom is 0.187 e. The van der Waals surface area contributed by atoms with Crippen molar-refractivity contribution in [2.45, 2.75) is 19.9 Å². The van der Waals surface area contributed by atoms with Crippen molar-refractivity contribution in [2.75, 3.05) is 20.8 Å². The predicted octanol–water partition coefficient (Wildman–Crippen LogP) is 2.66. The highest BCUT2D eigenvalue weighted by atomic mass is 32.1. The molecule has 0 aliphatic rings. The maximum atomic E-state index is 5.82. The zero-order valence-electron chi connectivity index (χ0n) is 13.7. The van der Waals surface area contributed by atoms with Gasteiger partial charge in [0.2, 0.25) is 0 Å². The van der Waals surface area contributed by atoms with Gasteiger partial charge in [-0.2, -0.15) is 5.10 Å². The molecule has 0 unspecified atom stereocenters. The molecule has 2 N–H and O–H groups in total. The van der Waals surface area contributed by atoms with Gasteiger partial charge in [0.25, 0.3) is 0 Å². The number of thiocarbonyl (C=S) groups is 1. The van der Waals surface area contributed by atoms with Crippen LogP contribution in [0.15, 0.2) is 33.8 Å². The molecule has 1 atom stereocenters. The average molecular weight is 335 g/mol. The van der Waals surface area contributed by atoms with Crippen molar-refractivity contribution in [2.24, 2.45) is 5.10 Å². The van der Waals surface area contributed by atoms with Gasteiger partial charge in [-0.05, 0) is 38.2 Å². The van der Waals surface area contributed by atoms with Gasteiger partial charge in [-0.3, -0.25) is 5.43 Å². The summed E-state index contributed by atoms with van der Waals surface area (Å²) in [6.07, 6.45) is 0. The highest BCUT2D eigenvalue weighted by Gasteiger charge is 2.11. The fraction of sp³-hybridized carbons (Fsp3) is 0.375. The van der Waals surface area contributed by atoms with Gasteiger partial charge in [0.15, 0.2) is 22.2 Å². The summed E-state index contributed by atoms with van der Waals surface area (Å²) >= 11 is 5.18. The van der Waals surface area contributed by atoms with Gasteiger partial charge in [0, 0.05) is 18.5 Å². The molecule has 2 rings (SSSR count). The lowest BCUT2D eigenvalue weighted by Gasteiger charge is -2.14. The van der Waals surface area contributed by atoms with Gasteiger partial charge in [0.05, 0.1) is 13.7 Å². The molecule has 0 fully saturated rings. The fourth-order valence-corrected chi connectivity index (χ4v) is 2.36. The minimum Gasteiger partial charge on any atom is -0.493 e. The first-order valence-corrected chi connectivity index (χ1v) is 7.62. The number of furan rings is 1. The molecule has 6 nitrogen and oxygen atoms in total. The van der Waals surface area contributed by atoms with Crippen molar-refractivity contribution in [1.29, 1.82) is 0 Å². The van der Waals surface area contributed by atoms with Gasteiger partial charge < -0.3 is 19.2 Å². The molecule has 0 amide bonds. The van der Waals surface area contributed by atoms with Crippen LogP contribution in [0.5, 0.6) is 5.75 Å². The Morgan fingerprint density at radius 3 is 2.87 bits per heavy atom. The molecule has 0 saturated carbocycles. The van der Waals surface area contributed by atoms with Crippen LogP contribution in [0.25, 0.3) is 11.0 Å². The highest BCUT2D eigenvalue weighted by molar-refractivity contribution is 7.80. The Balaban J connectivity index is 2.08. The molecule has 0 bridgehead atoms. The minimum atomic E-state index is 0.103. The third-order valence-electron chi connectivity index (χ3n) is 3.20. The Morgan fingerprint density at radius 2 is 2.17 bits per heavy atom. The van der Waals surface area contributed by atoms with Crippen LogP contribution in [0, 0.1) is 0 Å². The molecule has 23 heavy (non-hydrogen) atoms. The van der Waals surface area contributed by atoms with Crippen LogP contribution in [-0.4, -0.2) is 37.7 Å². The molecule has 1 aromatic heterocycles. The summed E-state index contributed by atoms with van der Waals surface area (Å²) in [5, 5.41) is 8.71. The van der Waals surface area contributed by atoms with Crippen LogP contribution >= 0.6 is 12.2 Å². The second-order valence-corrected chi connectivity index (χ2v) is 5.54. The van der Waals surface area contributed by atoms with E-state index in [1.807, 2.05) is 38.1 Å². The lowest BCUT2D eigenvalue weighted by atomic mass is 10.2. The zero-order valence-corrected chi connectivity index (χ0v) is 14.5. The number of hydrogen-bond donors (Lipinski definition) is 2. The smallest absolute Gasteiger partial charge is 0.187 e. The standard InChI is InChI=1S/C16H21N3O3S/c1-10(9-20-3)17-16(23)19-18-11(2)14-8-12-6-5-7-13(21-4)15(12)22-14/h5-8,10H,9H2,1-4H3,(H2,17,19,23)/b18-11-/t10-/m1/s1. The van der Waals surface area contributed by atoms with Gasteiger partial charge in [-0.15, -0.1) is 0 Å². The van der Waals surface area contributed by atoms with E-state index in [4.69, 9.17) is 26.1 Å². The number of nitrogens with one attached hydrogen (secondary N) is 2. The Kier molecular flexibility index (Phi) is 5.95. The molecule has 0 radical (unpaired) electrons. The quantitative estimate of drug-likeness (QED) is 0.481. The molecule has 1 aromatic carbocycles. The molecular weight excluding hydrogens is 314 g/mol. The third-order valence-corrected chi connectivity index (χ3v) is 3.41. The number of fused-ring (bicyclic) bond motifs is 1. The SMILES string of the molecule is COC[C@@H](C)NC(=S)N/N=C(/C)c1cc2cccc(OC)c2o1. The number of nitrogens with zero attached hydrogens (tertiary/aromatic N) is 1. The van der Waals surface area contributed by atoms with Crippen molar-refractivity contribution >= 4 is 34.0 Å². The largest absolute Gasteiger partial charge is 0.493 e. The van der Waals surface area contributed by atoms with E-state index in [9.17, 15) is 0 Å². The van der Waals surface area contributed by atoms with Crippen LogP contribution in [0.1, 0.15) is 19.6 Å². The molecule has 1 heterocycles. The molecule has 7 heteroatoms. The van der Waals surface area contributed by atoms with E-state index in [2.05, 4.69) is 15.8 Å². The summed E-state index contributed by atoms with van der Waals surface area (Å²) in [4.78, 5) is 0. The van der Waals surface area contributed by atoms with Gasteiger partial charge >= 0.3 is 0 Å². The molecule has 124 valence electrons. The average Bonchev–Trinajstić information content (AvgIpc) is 2.96. The van der Waals surface area contributed by atoms with Gasteiger partial charge in [-0.1, -0.05) is 12.1 Å². The van der Waals surface area contributed by atoms with E-state index >= 15 is 0 Å². The first-order chi connectivity index (χ1) is 11.0. The fourth-order valence-electron chi connectivity index (χ4n) is 2.11. The van der Waals surface area contributed by atoms with Crippen molar-refractivity contribution < 1.29 is 13.9 Å². The van der Waals surface area contributed by atoms with E-state index in [1.54, 1.807) is 14.2 Å². The molecular formula is C16H21N3O3S. The molecule has 0 aliphatic heterocycles. The maximum absolute atomic E-state index is 5.82. The monoisotopic (exact) mass is 335 g/mol. The van der Waals surface area contributed by atoms with E-state index in [0.717, 1.165) is 5.39 Å². The number of ether oxygens (including phenoxy) is 2. The summed E-state index contributed by atoms with van der Waals surface area (Å²) in [6, 6.07) is 7.76. The first-order valence-electron chi connectivity index (χ1n) is 7.21. The number of para-hydroxylation sites is 1. The van der Waals surface area contributed by atoms with Crippen LogP contribution in [0.2, 0.25) is 0 Å². The lowest BCUT2D eigenvalue weighted by molar-refractivity contribution is 0.179. The highest BCUT2D eigenvalue weighted by Crippen LogP contribution is 2.28. The van der Waals surface area contributed by atoms with Crippen molar-refractivity contribution in [3.63, 3.8) is 0 Å². The second-order valence-electron chi connectivity index (χ2n) is 5.13. The Labute approximate surface area is 140 Å². The Morgan fingerprint density at radius 1 is 1.39 bits per heavy atom. The zero-order chi connectivity index (χ0) is 16.8. The van der Waals surface area contributed by atoms with E-state index in [0.29, 0.717) is 34.5 Å². The minimum absolute atomic E-state index is 0.103. The normalized spacial score (nSPS) is 13.0.